The van der Waals surface area contributed by atoms with Gasteiger partial charge in [-0.1, -0.05) is 84.0 Å². The van der Waals surface area contributed by atoms with Crippen molar-refractivity contribution < 1.29 is 47.4 Å². The maximum atomic E-state index is 5.68. The smallest absolute Gasteiger partial charge is 0.119 e. The Labute approximate surface area is 304 Å². The van der Waals surface area contributed by atoms with Crippen LogP contribution in [-0.4, -0.2) is 126 Å². The Morgan fingerprint density at radius 2 is 0.580 bits per heavy atom. The fourth-order valence-corrected chi connectivity index (χ4v) is 4.87. The molecule has 11 heteroatoms. The fraction of sp³-hybridized carbons (Fsp3) is 0.846. The molecule has 11 nitrogen and oxygen atoms in total. The summed E-state index contributed by atoms with van der Waals surface area (Å²) < 4.78 is 55.3. The standard InChI is InChI=1S/C39H73NO10/c1-2-3-4-5-6-7-8-9-10-11-12-13-14-19-41-20-21-42-22-23-43-24-25-44-26-27-45-28-29-46-30-31-47-32-33-48-34-35-49-36-37-50-39-17-15-38(40)16-18-39/h15-18H,2-14,19-37,40H2,1H3. The largest absolute Gasteiger partial charge is 0.491 e. The predicted octanol–water partition coefficient (Wildman–Crippen LogP) is 6.89. The van der Waals surface area contributed by atoms with Crippen LogP contribution >= 0.6 is 0 Å². The molecule has 1 aromatic carbocycles. The van der Waals surface area contributed by atoms with Gasteiger partial charge in [-0.25, -0.2) is 0 Å². The van der Waals surface area contributed by atoms with Crippen LogP contribution in [-0.2, 0) is 42.6 Å². The number of nitrogens with two attached hydrogens (primary N) is 1. The molecule has 0 bridgehead atoms. The van der Waals surface area contributed by atoms with Gasteiger partial charge in [-0.05, 0) is 30.7 Å². The first-order chi connectivity index (χ1) is 24.8. The molecule has 0 saturated carbocycles. The van der Waals surface area contributed by atoms with Crippen molar-refractivity contribution in [2.75, 3.05) is 131 Å². The molecule has 294 valence electrons. The molecule has 0 fully saturated rings. The zero-order valence-electron chi connectivity index (χ0n) is 31.6. The summed E-state index contributed by atoms with van der Waals surface area (Å²) in [5, 5.41) is 0. The lowest BCUT2D eigenvalue weighted by atomic mass is 10.0. The summed E-state index contributed by atoms with van der Waals surface area (Å²) in [4.78, 5) is 0. The van der Waals surface area contributed by atoms with Crippen LogP contribution in [0.2, 0.25) is 0 Å². The minimum Gasteiger partial charge on any atom is -0.491 e. The Kier molecular flexibility index (Phi) is 37.4. The first-order valence-corrected chi connectivity index (χ1v) is 19.5. The van der Waals surface area contributed by atoms with Gasteiger partial charge in [0.1, 0.15) is 12.4 Å². The van der Waals surface area contributed by atoms with Crippen LogP contribution < -0.4 is 10.5 Å². The summed E-state index contributed by atoms with van der Waals surface area (Å²) in [7, 11) is 0. The third kappa shape index (κ3) is 36.3. The highest BCUT2D eigenvalue weighted by molar-refractivity contribution is 5.41. The van der Waals surface area contributed by atoms with Crippen molar-refractivity contribution in [1.82, 2.24) is 0 Å². The maximum absolute atomic E-state index is 5.68. The number of benzene rings is 1. The van der Waals surface area contributed by atoms with Gasteiger partial charge >= 0.3 is 0 Å². The molecule has 0 aromatic heterocycles. The van der Waals surface area contributed by atoms with E-state index in [-0.39, 0.29) is 0 Å². The van der Waals surface area contributed by atoms with Crippen molar-refractivity contribution in [3.05, 3.63) is 24.3 Å². The SMILES string of the molecule is CCCCCCCCCCCCCCCOCCOCCOCCOCCOCCOCCOCCOCCOCCOc1ccc(N)cc1. The molecule has 0 amide bonds. The first-order valence-electron chi connectivity index (χ1n) is 19.5. The third-order valence-electron chi connectivity index (χ3n) is 7.74. The number of unbranched alkanes of at least 4 members (excludes halogenated alkanes) is 12. The van der Waals surface area contributed by atoms with E-state index in [0.29, 0.717) is 125 Å². The summed E-state index contributed by atoms with van der Waals surface area (Å²) in [5.41, 5.74) is 6.36. The molecule has 1 aromatic rings. The van der Waals surface area contributed by atoms with E-state index in [4.69, 9.17) is 53.1 Å². The van der Waals surface area contributed by atoms with Gasteiger partial charge in [0.25, 0.3) is 0 Å². The molecule has 0 atom stereocenters. The second-order valence-electron chi connectivity index (χ2n) is 12.2. The van der Waals surface area contributed by atoms with Gasteiger partial charge in [0.05, 0.1) is 112 Å². The van der Waals surface area contributed by atoms with Crippen molar-refractivity contribution in [1.29, 1.82) is 0 Å². The highest BCUT2D eigenvalue weighted by Gasteiger charge is 1.98. The molecular formula is C39H73NO10. The van der Waals surface area contributed by atoms with Gasteiger partial charge in [-0.2, -0.15) is 0 Å². The molecule has 1 rings (SSSR count). The summed E-state index contributed by atoms with van der Waals surface area (Å²) in [6.45, 7) is 12.8. The Bertz CT molecular complexity index is 774. The van der Waals surface area contributed by atoms with E-state index in [1.54, 1.807) is 12.1 Å². The average molecular weight is 716 g/mol. The van der Waals surface area contributed by atoms with Gasteiger partial charge in [-0.3, -0.25) is 0 Å². The molecule has 0 saturated heterocycles. The van der Waals surface area contributed by atoms with Crippen LogP contribution in [0.3, 0.4) is 0 Å². The van der Waals surface area contributed by atoms with Gasteiger partial charge in [-0.15, -0.1) is 0 Å². The van der Waals surface area contributed by atoms with Crippen LogP contribution in [0.25, 0.3) is 0 Å². The van der Waals surface area contributed by atoms with E-state index in [0.717, 1.165) is 18.8 Å². The molecule has 0 spiro atoms. The summed E-state index contributed by atoms with van der Waals surface area (Å²) in [6, 6.07) is 7.29. The topological polar surface area (TPSA) is 118 Å². The minimum atomic E-state index is 0.481. The molecule has 0 aliphatic heterocycles. The van der Waals surface area contributed by atoms with Crippen LogP contribution in [0, 0.1) is 0 Å². The van der Waals surface area contributed by atoms with E-state index in [9.17, 15) is 0 Å². The Balaban J connectivity index is 1.61. The summed E-state index contributed by atoms with van der Waals surface area (Å²) in [6.07, 6.45) is 17.8. The third-order valence-corrected chi connectivity index (χ3v) is 7.74. The van der Waals surface area contributed by atoms with Crippen LogP contribution in [0.1, 0.15) is 90.4 Å². The quantitative estimate of drug-likeness (QED) is 0.0563. The number of nitrogen functional groups attached to an aromatic ring is 1. The number of anilines is 1. The molecule has 0 heterocycles. The van der Waals surface area contributed by atoms with E-state index < -0.39 is 0 Å². The monoisotopic (exact) mass is 716 g/mol. The van der Waals surface area contributed by atoms with Gasteiger partial charge in [0.2, 0.25) is 0 Å². The molecule has 0 aliphatic carbocycles. The Morgan fingerprint density at radius 1 is 0.320 bits per heavy atom. The Morgan fingerprint density at radius 3 is 0.900 bits per heavy atom. The summed E-state index contributed by atoms with van der Waals surface area (Å²) in [5.74, 6) is 0.777. The zero-order valence-corrected chi connectivity index (χ0v) is 31.6. The first kappa shape index (κ1) is 46.5. The van der Waals surface area contributed by atoms with Crippen molar-refractivity contribution in [3.8, 4) is 5.75 Å². The molecule has 0 radical (unpaired) electrons. The van der Waals surface area contributed by atoms with E-state index >= 15 is 0 Å². The second kappa shape index (κ2) is 40.2. The predicted molar refractivity (Wildman–Crippen MR) is 199 cm³/mol. The second-order valence-corrected chi connectivity index (χ2v) is 12.2. The zero-order chi connectivity index (χ0) is 35.7. The average Bonchev–Trinajstić information content (AvgIpc) is 3.13. The molecule has 50 heavy (non-hydrogen) atoms. The van der Waals surface area contributed by atoms with E-state index in [1.165, 1.54) is 77.0 Å². The van der Waals surface area contributed by atoms with Crippen LogP contribution in [0.5, 0.6) is 5.75 Å². The highest BCUT2D eigenvalue weighted by Crippen LogP contribution is 2.13. The normalized spacial score (nSPS) is 11.5. The van der Waals surface area contributed by atoms with Gasteiger partial charge in [0.15, 0.2) is 0 Å². The van der Waals surface area contributed by atoms with E-state index in [1.807, 2.05) is 12.1 Å². The Hall–Kier alpha value is -1.54. The van der Waals surface area contributed by atoms with Crippen LogP contribution in [0.4, 0.5) is 5.69 Å². The molecular weight excluding hydrogens is 642 g/mol. The lowest BCUT2D eigenvalue weighted by Crippen LogP contribution is -2.15. The summed E-state index contributed by atoms with van der Waals surface area (Å²) >= 11 is 0. The van der Waals surface area contributed by atoms with Gasteiger partial charge in [0, 0.05) is 12.3 Å². The molecule has 2 N–H and O–H groups in total. The molecule has 0 unspecified atom stereocenters. The maximum Gasteiger partial charge on any atom is 0.119 e. The van der Waals surface area contributed by atoms with Crippen molar-refractivity contribution in [2.24, 2.45) is 0 Å². The van der Waals surface area contributed by atoms with Crippen molar-refractivity contribution in [2.45, 2.75) is 90.4 Å². The van der Waals surface area contributed by atoms with Crippen LogP contribution in [0.15, 0.2) is 24.3 Å². The molecule has 0 aliphatic rings. The minimum absolute atomic E-state index is 0.481. The fourth-order valence-electron chi connectivity index (χ4n) is 4.87. The number of hydrogen-bond donors (Lipinski definition) is 1. The van der Waals surface area contributed by atoms with Crippen molar-refractivity contribution >= 4 is 5.69 Å². The van der Waals surface area contributed by atoms with Crippen molar-refractivity contribution in [3.63, 3.8) is 0 Å². The lowest BCUT2D eigenvalue weighted by Gasteiger charge is -2.09. The van der Waals surface area contributed by atoms with E-state index in [2.05, 4.69) is 6.92 Å². The number of hydrogen-bond acceptors (Lipinski definition) is 11. The lowest BCUT2D eigenvalue weighted by molar-refractivity contribution is -0.0254. The number of ether oxygens (including phenoxy) is 10. The van der Waals surface area contributed by atoms with Gasteiger partial charge < -0.3 is 53.1 Å². The highest BCUT2D eigenvalue weighted by atomic mass is 16.6. The number of rotatable bonds is 42.